The molecule has 0 unspecified atom stereocenters. The molecule has 0 spiro atoms. The fraction of sp³-hybridized carbons (Fsp3) is 0.533. The molecule has 0 heterocycles. The summed E-state index contributed by atoms with van der Waals surface area (Å²) in [5.41, 5.74) is 0.374. The molecule has 1 amide bonds. The molecule has 0 aliphatic heterocycles. The van der Waals surface area contributed by atoms with Gasteiger partial charge in [0.2, 0.25) is 15.9 Å². The molecule has 0 atom stereocenters. The van der Waals surface area contributed by atoms with Crippen LogP contribution in [0.2, 0.25) is 0 Å². The number of sulfonamides is 1. The number of hydrogen-bond donors (Lipinski definition) is 1. The van der Waals surface area contributed by atoms with Gasteiger partial charge in [-0.3, -0.25) is 9.10 Å². The van der Waals surface area contributed by atoms with E-state index >= 15 is 0 Å². The van der Waals surface area contributed by atoms with Crippen LogP contribution in [0.25, 0.3) is 0 Å². The molecule has 8 heteroatoms. The minimum absolute atomic E-state index is 0.0388. The van der Waals surface area contributed by atoms with Crippen molar-refractivity contribution < 1.29 is 22.7 Å². The van der Waals surface area contributed by atoms with Crippen molar-refractivity contribution in [3.63, 3.8) is 0 Å². The van der Waals surface area contributed by atoms with Gasteiger partial charge < -0.3 is 14.8 Å². The van der Waals surface area contributed by atoms with Crippen LogP contribution in [0.5, 0.6) is 11.5 Å². The number of anilines is 1. The number of rotatable bonds is 9. The molecule has 7 nitrogen and oxygen atoms in total. The summed E-state index contributed by atoms with van der Waals surface area (Å²) in [6.07, 6.45) is 2.00. The van der Waals surface area contributed by atoms with Gasteiger partial charge in [0.15, 0.2) is 0 Å². The molecule has 0 bridgehead atoms. The van der Waals surface area contributed by atoms with Crippen LogP contribution in [-0.4, -0.2) is 47.9 Å². The summed E-state index contributed by atoms with van der Waals surface area (Å²) in [7, 11) is -0.588. The maximum atomic E-state index is 12.1. The van der Waals surface area contributed by atoms with Gasteiger partial charge in [-0.05, 0) is 18.6 Å². The van der Waals surface area contributed by atoms with E-state index in [4.69, 9.17) is 9.47 Å². The van der Waals surface area contributed by atoms with E-state index in [1.807, 2.05) is 6.92 Å². The van der Waals surface area contributed by atoms with E-state index in [-0.39, 0.29) is 18.9 Å². The van der Waals surface area contributed by atoms with Crippen molar-refractivity contribution in [1.82, 2.24) is 5.32 Å². The molecule has 1 N–H and O–H groups in total. The van der Waals surface area contributed by atoms with Gasteiger partial charge in [0.1, 0.15) is 11.5 Å². The zero-order valence-corrected chi connectivity index (χ0v) is 14.8. The highest BCUT2D eigenvalue weighted by atomic mass is 32.2. The first kappa shape index (κ1) is 19.1. The lowest BCUT2D eigenvalue weighted by Gasteiger charge is -2.24. The Hall–Kier alpha value is -1.96. The summed E-state index contributed by atoms with van der Waals surface area (Å²) >= 11 is 0. The second-order valence-electron chi connectivity index (χ2n) is 4.97. The number of benzene rings is 1. The van der Waals surface area contributed by atoms with Gasteiger partial charge >= 0.3 is 0 Å². The number of amides is 1. The van der Waals surface area contributed by atoms with Gasteiger partial charge in [-0.1, -0.05) is 6.92 Å². The van der Waals surface area contributed by atoms with E-state index < -0.39 is 10.0 Å². The third-order valence-electron chi connectivity index (χ3n) is 3.17. The van der Waals surface area contributed by atoms with E-state index in [1.54, 1.807) is 18.2 Å². The van der Waals surface area contributed by atoms with Gasteiger partial charge in [0.25, 0.3) is 0 Å². The summed E-state index contributed by atoms with van der Waals surface area (Å²) in [4.78, 5) is 11.7. The minimum Gasteiger partial charge on any atom is -0.497 e. The van der Waals surface area contributed by atoms with Gasteiger partial charge in [-0.25, -0.2) is 8.42 Å². The normalized spacial score (nSPS) is 11.0. The van der Waals surface area contributed by atoms with Gasteiger partial charge in [-0.15, -0.1) is 0 Å². The Morgan fingerprint density at radius 1 is 1.26 bits per heavy atom. The molecule has 0 radical (unpaired) electrons. The maximum absolute atomic E-state index is 12.1. The zero-order valence-electron chi connectivity index (χ0n) is 14.0. The van der Waals surface area contributed by atoms with Crippen LogP contribution >= 0.6 is 0 Å². The number of carbonyl (C=O) groups excluding carboxylic acids is 1. The van der Waals surface area contributed by atoms with Crippen LogP contribution in [0.1, 0.15) is 19.8 Å². The lowest BCUT2D eigenvalue weighted by Crippen LogP contribution is -2.35. The molecular weight excluding hydrogens is 320 g/mol. The molecule has 0 aromatic heterocycles. The van der Waals surface area contributed by atoms with Crippen molar-refractivity contribution >= 4 is 21.6 Å². The Morgan fingerprint density at radius 2 is 1.96 bits per heavy atom. The van der Waals surface area contributed by atoms with Crippen molar-refractivity contribution in [2.24, 2.45) is 0 Å². The van der Waals surface area contributed by atoms with Crippen molar-refractivity contribution in [2.75, 3.05) is 37.9 Å². The number of carbonyl (C=O) groups is 1. The highest BCUT2D eigenvalue weighted by Gasteiger charge is 2.22. The van der Waals surface area contributed by atoms with Crippen LogP contribution in [0, 0.1) is 0 Å². The molecule has 23 heavy (non-hydrogen) atoms. The Kier molecular flexibility index (Phi) is 7.15. The molecular formula is C15H24N2O5S. The molecule has 0 aliphatic rings. The Morgan fingerprint density at radius 3 is 2.48 bits per heavy atom. The molecule has 130 valence electrons. The van der Waals surface area contributed by atoms with E-state index in [0.717, 1.165) is 17.0 Å². The number of nitrogens with zero attached hydrogens (tertiary/aromatic N) is 1. The lowest BCUT2D eigenvalue weighted by molar-refractivity contribution is -0.120. The first-order valence-corrected chi connectivity index (χ1v) is 9.14. The summed E-state index contributed by atoms with van der Waals surface area (Å²) in [6, 6.07) is 4.85. The molecule has 1 aromatic rings. The van der Waals surface area contributed by atoms with Crippen molar-refractivity contribution in [1.29, 1.82) is 0 Å². The predicted molar refractivity (Wildman–Crippen MR) is 89.7 cm³/mol. The predicted octanol–water partition coefficient (Wildman–Crippen LogP) is 1.39. The number of ether oxygens (including phenoxy) is 2. The second kappa shape index (κ2) is 8.61. The smallest absolute Gasteiger partial charge is 0.232 e. The Labute approximate surface area is 137 Å². The molecule has 1 aromatic carbocycles. The average Bonchev–Trinajstić information content (AvgIpc) is 2.51. The fourth-order valence-electron chi connectivity index (χ4n) is 2.01. The van der Waals surface area contributed by atoms with Gasteiger partial charge in [0, 0.05) is 25.6 Å². The van der Waals surface area contributed by atoms with E-state index in [1.165, 1.54) is 14.2 Å². The summed E-state index contributed by atoms with van der Waals surface area (Å²) in [5.74, 6) is 0.733. The molecule has 0 fully saturated rings. The first-order chi connectivity index (χ1) is 10.8. The highest BCUT2D eigenvalue weighted by Crippen LogP contribution is 2.33. The van der Waals surface area contributed by atoms with Crippen molar-refractivity contribution in [2.45, 2.75) is 19.8 Å². The number of hydrogen-bond acceptors (Lipinski definition) is 5. The standard InChI is InChI=1S/C15H24N2O5S/c1-5-9-16-15(18)8-10-17(23(4,19)20)13-7-6-12(21-2)11-14(13)22-3/h6-7,11H,5,8-10H2,1-4H3,(H,16,18). The molecule has 1 rings (SSSR count). The molecule has 0 saturated carbocycles. The minimum atomic E-state index is -3.55. The average molecular weight is 344 g/mol. The van der Waals surface area contributed by atoms with Gasteiger partial charge in [0.05, 0.1) is 26.2 Å². The third kappa shape index (κ3) is 5.63. The van der Waals surface area contributed by atoms with E-state index in [9.17, 15) is 13.2 Å². The quantitative estimate of drug-likeness (QED) is 0.732. The summed E-state index contributed by atoms with van der Waals surface area (Å²) in [5, 5.41) is 2.73. The van der Waals surface area contributed by atoms with Crippen molar-refractivity contribution in [3.05, 3.63) is 18.2 Å². The fourth-order valence-corrected chi connectivity index (χ4v) is 2.94. The summed E-state index contributed by atoms with van der Waals surface area (Å²) in [6.45, 7) is 2.56. The number of methoxy groups -OCH3 is 2. The monoisotopic (exact) mass is 344 g/mol. The van der Waals surface area contributed by atoms with Crippen molar-refractivity contribution in [3.8, 4) is 11.5 Å². The van der Waals surface area contributed by atoms with Crippen LogP contribution in [0.15, 0.2) is 18.2 Å². The Balaban J connectivity index is 3.02. The maximum Gasteiger partial charge on any atom is 0.232 e. The highest BCUT2D eigenvalue weighted by molar-refractivity contribution is 7.92. The topological polar surface area (TPSA) is 84.9 Å². The van der Waals surface area contributed by atoms with E-state index in [0.29, 0.717) is 23.7 Å². The largest absolute Gasteiger partial charge is 0.497 e. The number of nitrogens with one attached hydrogen (secondary N) is 1. The first-order valence-electron chi connectivity index (χ1n) is 7.30. The van der Waals surface area contributed by atoms with Crippen LogP contribution in [-0.2, 0) is 14.8 Å². The van der Waals surface area contributed by atoms with Crippen LogP contribution in [0.3, 0.4) is 0 Å². The van der Waals surface area contributed by atoms with Crippen LogP contribution < -0.4 is 19.1 Å². The molecule has 0 aliphatic carbocycles. The Bertz CT molecular complexity index is 631. The van der Waals surface area contributed by atoms with Gasteiger partial charge in [-0.2, -0.15) is 0 Å². The second-order valence-corrected chi connectivity index (χ2v) is 6.88. The molecule has 0 saturated heterocycles. The third-order valence-corrected chi connectivity index (χ3v) is 4.35. The van der Waals surface area contributed by atoms with Crippen LogP contribution in [0.4, 0.5) is 5.69 Å². The zero-order chi connectivity index (χ0) is 17.5. The SMILES string of the molecule is CCCNC(=O)CCN(c1ccc(OC)cc1OC)S(C)(=O)=O. The van der Waals surface area contributed by atoms with E-state index in [2.05, 4.69) is 5.32 Å². The summed E-state index contributed by atoms with van der Waals surface area (Å²) < 4.78 is 35.7. The lowest BCUT2D eigenvalue weighted by atomic mass is 10.2.